The summed E-state index contributed by atoms with van der Waals surface area (Å²) in [6.07, 6.45) is 2.05. The number of phenolic OH excluding ortho intramolecular Hbond substituents is 1. The smallest absolute Gasteiger partial charge is 0.318 e. The van der Waals surface area contributed by atoms with Gasteiger partial charge in [-0.2, -0.15) is 0 Å². The zero-order chi connectivity index (χ0) is 20.1. The third-order valence-electron chi connectivity index (χ3n) is 5.10. The molecule has 0 bridgehead atoms. The van der Waals surface area contributed by atoms with Gasteiger partial charge in [0.2, 0.25) is 0 Å². The highest BCUT2D eigenvalue weighted by Gasteiger charge is 2.33. The molecule has 2 N–H and O–H groups in total. The van der Waals surface area contributed by atoms with E-state index in [2.05, 4.69) is 22.3 Å². The third-order valence-corrected chi connectivity index (χ3v) is 5.10. The lowest BCUT2D eigenvalue weighted by Crippen LogP contribution is -2.44. The molecule has 1 aliphatic carbocycles. The molecule has 0 spiro atoms. The van der Waals surface area contributed by atoms with Gasteiger partial charge < -0.3 is 25.0 Å². The maximum Gasteiger partial charge on any atom is 0.318 e. The van der Waals surface area contributed by atoms with E-state index in [-0.39, 0.29) is 23.9 Å². The zero-order valence-electron chi connectivity index (χ0n) is 16.8. The molecule has 0 aliphatic heterocycles. The van der Waals surface area contributed by atoms with Crippen LogP contribution >= 0.6 is 0 Å². The number of nitrogens with one attached hydrogen (secondary N) is 1. The van der Waals surface area contributed by atoms with E-state index in [0.29, 0.717) is 18.8 Å². The number of ether oxygens (including phenoxy) is 1. The van der Waals surface area contributed by atoms with Crippen LogP contribution in [0.5, 0.6) is 11.5 Å². The first-order valence-corrected chi connectivity index (χ1v) is 9.61. The third kappa shape index (κ3) is 4.95. The van der Waals surface area contributed by atoms with Crippen molar-refractivity contribution >= 4 is 6.03 Å². The molecular weight excluding hydrogens is 354 g/mol. The molecule has 1 saturated carbocycles. The SMILES string of the molecule is COc1cc(CN(C(=O)NCC(c2ccccc2)N(C)C)C2CC2)ccc1O. The monoisotopic (exact) mass is 383 g/mol. The predicted octanol–water partition coefficient (Wildman–Crippen LogP) is 3.38. The fourth-order valence-corrected chi connectivity index (χ4v) is 3.33. The topological polar surface area (TPSA) is 65.0 Å². The number of hydrogen-bond donors (Lipinski definition) is 2. The number of likely N-dealkylation sites (N-methyl/N-ethyl adjacent to an activating group) is 1. The lowest BCUT2D eigenvalue weighted by molar-refractivity contribution is 0.186. The average molecular weight is 383 g/mol. The summed E-state index contributed by atoms with van der Waals surface area (Å²) in [5.41, 5.74) is 2.11. The first-order chi connectivity index (χ1) is 13.5. The highest BCUT2D eigenvalue weighted by atomic mass is 16.5. The number of carbonyl (C=O) groups is 1. The van der Waals surface area contributed by atoms with Crippen LogP contribution in [0.25, 0.3) is 0 Å². The molecule has 1 unspecified atom stereocenters. The van der Waals surface area contributed by atoms with Gasteiger partial charge in [0.1, 0.15) is 0 Å². The Morgan fingerprint density at radius 3 is 2.54 bits per heavy atom. The number of phenols is 1. The van der Waals surface area contributed by atoms with Gasteiger partial charge in [0.25, 0.3) is 0 Å². The highest BCUT2D eigenvalue weighted by Crippen LogP contribution is 2.31. The quantitative estimate of drug-likeness (QED) is 0.734. The normalized spacial score (nSPS) is 14.6. The maximum absolute atomic E-state index is 12.9. The van der Waals surface area contributed by atoms with E-state index in [1.54, 1.807) is 12.1 Å². The van der Waals surface area contributed by atoms with E-state index >= 15 is 0 Å². The van der Waals surface area contributed by atoms with Crippen LogP contribution in [-0.4, -0.2) is 54.7 Å². The second-order valence-corrected chi connectivity index (χ2v) is 7.44. The van der Waals surface area contributed by atoms with Gasteiger partial charge in [-0.3, -0.25) is 0 Å². The van der Waals surface area contributed by atoms with E-state index in [4.69, 9.17) is 4.74 Å². The molecule has 2 aromatic carbocycles. The van der Waals surface area contributed by atoms with Gasteiger partial charge in [-0.15, -0.1) is 0 Å². The number of carbonyl (C=O) groups excluding carboxylic acids is 1. The number of hydrogen-bond acceptors (Lipinski definition) is 4. The molecule has 0 aromatic heterocycles. The van der Waals surface area contributed by atoms with Crippen LogP contribution in [0.1, 0.15) is 30.0 Å². The van der Waals surface area contributed by atoms with E-state index in [9.17, 15) is 9.90 Å². The summed E-state index contributed by atoms with van der Waals surface area (Å²) in [7, 11) is 5.56. The Bertz CT molecular complexity index is 791. The molecule has 1 aliphatic rings. The molecule has 1 atom stereocenters. The summed E-state index contributed by atoms with van der Waals surface area (Å²) in [6.45, 7) is 1.03. The summed E-state index contributed by atoms with van der Waals surface area (Å²) < 4.78 is 5.18. The number of methoxy groups -OCH3 is 1. The molecule has 150 valence electrons. The Morgan fingerprint density at radius 2 is 1.93 bits per heavy atom. The van der Waals surface area contributed by atoms with Gasteiger partial charge in [0, 0.05) is 19.1 Å². The van der Waals surface area contributed by atoms with Crippen molar-refractivity contribution in [2.24, 2.45) is 0 Å². The van der Waals surface area contributed by atoms with E-state index < -0.39 is 0 Å². The molecule has 6 heteroatoms. The van der Waals surface area contributed by atoms with Gasteiger partial charge in [-0.1, -0.05) is 36.4 Å². The lowest BCUT2D eigenvalue weighted by atomic mass is 10.1. The molecular formula is C22H29N3O3. The largest absolute Gasteiger partial charge is 0.504 e. The Kier molecular flexibility index (Phi) is 6.41. The summed E-state index contributed by atoms with van der Waals surface area (Å²) in [6, 6.07) is 15.7. The van der Waals surface area contributed by atoms with Crippen LogP contribution in [0.2, 0.25) is 0 Å². The zero-order valence-corrected chi connectivity index (χ0v) is 16.8. The van der Waals surface area contributed by atoms with Crippen molar-refractivity contribution in [3.8, 4) is 11.5 Å². The standard InChI is InChI=1S/C22H29N3O3/c1-24(2)19(17-7-5-4-6-8-17)14-23-22(27)25(18-10-11-18)15-16-9-12-20(26)21(13-16)28-3/h4-9,12-13,18-19,26H,10-11,14-15H2,1-3H3,(H,23,27). The van der Waals surface area contributed by atoms with Crippen LogP contribution < -0.4 is 10.1 Å². The van der Waals surface area contributed by atoms with Crippen LogP contribution in [0.4, 0.5) is 4.79 Å². The summed E-state index contributed by atoms with van der Waals surface area (Å²) in [5.74, 6) is 0.524. The van der Waals surface area contributed by atoms with E-state index in [1.807, 2.05) is 43.3 Å². The van der Waals surface area contributed by atoms with Crippen LogP contribution in [0, 0.1) is 0 Å². The minimum Gasteiger partial charge on any atom is -0.504 e. The van der Waals surface area contributed by atoms with Crippen molar-refractivity contribution in [3.63, 3.8) is 0 Å². The molecule has 2 aromatic rings. The number of aromatic hydroxyl groups is 1. The van der Waals surface area contributed by atoms with Crippen molar-refractivity contribution in [2.45, 2.75) is 31.5 Å². The average Bonchev–Trinajstić information content (AvgIpc) is 3.53. The highest BCUT2D eigenvalue weighted by molar-refractivity contribution is 5.75. The van der Waals surface area contributed by atoms with Gasteiger partial charge in [-0.05, 0) is 50.2 Å². The summed E-state index contributed by atoms with van der Waals surface area (Å²) in [5, 5.41) is 12.9. The number of urea groups is 1. The molecule has 1 fully saturated rings. The number of rotatable bonds is 8. The maximum atomic E-state index is 12.9. The molecule has 0 heterocycles. The molecule has 6 nitrogen and oxygen atoms in total. The fraction of sp³-hybridized carbons (Fsp3) is 0.409. The molecule has 0 radical (unpaired) electrons. The Hall–Kier alpha value is -2.73. The first-order valence-electron chi connectivity index (χ1n) is 9.61. The Labute approximate surface area is 166 Å². The molecule has 28 heavy (non-hydrogen) atoms. The predicted molar refractivity (Wildman–Crippen MR) is 109 cm³/mol. The van der Waals surface area contributed by atoms with E-state index in [0.717, 1.165) is 18.4 Å². The van der Waals surface area contributed by atoms with Crippen LogP contribution in [0.3, 0.4) is 0 Å². The van der Waals surface area contributed by atoms with Gasteiger partial charge in [-0.25, -0.2) is 4.79 Å². The Balaban J connectivity index is 1.66. The van der Waals surface area contributed by atoms with Gasteiger partial charge in [0.15, 0.2) is 11.5 Å². The Morgan fingerprint density at radius 1 is 1.21 bits per heavy atom. The van der Waals surface area contributed by atoms with Crippen molar-refractivity contribution < 1.29 is 14.6 Å². The minimum absolute atomic E-state index is 0.0580. The van der Waals surface area contributed by atoms with Gasteiger partial charge in [0.05, 0.1) is 13.2 Å². The van der Waals surface area contributed by atoms with Crippen LogP contribution in [-0.2, 0) is 6.54 Å². The molecule has 3 rings (SSSR count). The number of amides is 2. The fourth-order valence-electron chi connectivity index (χ4n) is 3.33. The minimum atomic E-state index is -0.0580. The van der Waals surface area contributed by atoms with Crippen molar-refractivity contribution in [1.29, 1.82) is 0 Å². The van der Waals surface area contributed by atoms with Crippen molar-refractivity contribution in [2.75, 3.05) is 27.7 Å². The van der Waals surface area contributed by atoms with Crippen molar-refractivity contribution in [1.82, 2.24) is 15.1 Å². The van der Waals surface area contributed by atoms with Gasteiger partial charge >= 0.3 is 6.03 Å². The molecule has 2 amide bonds. The van der Waals surface area contributed by atoms with E-state index in [1.165, 1.54) is 12.7 Å². The summed E-state index contributed by atoms with van der Waals surface area (Å²) >= 11 is 0. The summed E-state index contributed by atoms with van der Waals surface area (Å²) in [4.78, 5) is 16.9. The number of benzene rings is 2. The van der Waals surface area contributed by atoms with Crippen LogP contribution in [0.15, 0.2) is 48.5 Å². The van der Waals surface area contributed by atoms with Crippen molar-refractivity contribution in [3.05, 3.63) is 59.7 Å². The first kappa shape index (κ1) is 20.0. The molecule has 0 saturated heterocycles. The number of nitrogens with zero attached hydrogens (tertiary/aromatic N) is 2. The second-order valence-electron chi connectivity index (χ2n) is 7.44. The lowest BCUT2D eigenvalue weighted by Gasteiger charge is -2.28. The second kappa shape index (κ2) is 8.97.